The van der Waals surface area contributed by atoms with Crippen molar-refractivity contribution in [3.05, 3.63) is 36.5 Å². The summed E-state index contributed by atoms with van der Waals surface area (Å²) < 4.78 is 0. The number of nitrogens with zero attached hydrogens (tertiary/aromatic N) is 1. The lowest BCUT2D eigenvalue weighted by molar-refractivity contribution is 0.327. The van der Waals surface area contributed by atoms with Crippen molar-refractivity contribution in [3.8, 4) is 0 Å². The molecule has 0 aliphatic heterocycles. The summed E-state index contributed by atoms with van der Waals surface area (Å²) in [6.07, 6.45) is 8.55. The van der Waals surface area contributed by atoms with Gasteiger partial charge in [-0.1, -0.05) is 44.4 Å². The molecular formula is C17H22N2. The van der Waals surface area contributed by atoms with Crippen LogP contribution in [0.1, 0.15) is 39.0 Å². The van der Waals surface area contributed by atoms with Crippen molar-refractivity contribution >= 4 is 16.6 Å². The Labute approximate surface area is 115 Å². The molecule has 2 nitrogen and oxygen atoms in total. The van der Waals surface area contributed by atoms with Crippen molar-refractivity contribution in [2.75, 3.05) is 5.32 Å². The lowest BCUT2D eigenvalue weighted by Crippen LogP contribution is -2.27. The molecule has 0 spiro atoms. The minimum absolute atomic E-state index is 0.617. The van der Waals surface area contributed by atoms with Crippen molar-refractivity contribution in [2.45, 2.75) is 45.1 Å². The quantitative estimate of drug-likeness (QED) is 0.864. The monoisotopic (exact) mass is 254 g/mol. The van der Waals surface area contributed by atoms with Gasteiger partial charge >= 0.3 is 0 Å². The van der Waals surface area contributed by atoms with Crippen LogP contribution in [0, 0.1) is 5.92 Å². The number of aromatic nitrogens is 1. The summed E-state index contributed by atoms with van der Waals surface area (Å²) in [6.45, 7) is 2.31. The second-order valence-electron chi connectivity index (χ2n) is 5.66. The fraction of sp³-hybridized carbons (Fsp3) is 0.471. The van der Waals surface area contributed by atoms with Gasteiger partial charge in [0.1, 0.15) is 0 Å². The number of para-hydroxylation sites is 1. The standard InChI is InChI=1S/C17H22N2/c1-2-13-6-3-9-15(12-13)19-16-10-4-7-14-8-5-11-18-17(14)16/h4-5,7-8,10-11,13,15,19H,2-3,6,9,12H2,1H3. The van der Waals surface area contributed by atoms with Gasteiger partial charge in [0.15, 0.2) is 0 Å². The Morgan fingerprint density at radius 2 is 2.11 bits per heavy atom. The number of pyridine rings is 1. The first-order valence-corrected chi connectivity index (χ1v) is 7.47. The van der Waals surface area contributed by atoms with Gasteiger partial charge in [0, 0.05) is 17.6 Å². The highest BCUT2D eigenvalue weighted by Crippen LogP contribution is 2.30. The highest BCUT2D eigenvalue weighted by atomic mass is 14.9. The maximum Gasteiger partial charge on any atom is 0.0933 e. The molecule has 19 heavy (non-hydrogen) atoms. The largest absolute Gasteiger partial charge is 0.381 e. The zero-order valence-electron chi connectivity index (χ0n) is 11.6. The van der Waals surface area contributed by atoms with Crippen LogP contribution in [0.2, 0.25) is 0 Å². The van der Waals surface area contributed by atoms with Crippen LogP contribution in [-0.4, -0.2) is 11.0 Å². The van der Waals surface area contributed by atoms with Gasteiger partial charge < -0.3 is 5.32 Å². The van der Waals surface area contributed by atoms with E-state index >= 15 is 0 Å². The third-order valence-electron chi connectivity index (χ3n) is 4.35. The molecule has 1 aliphatic carbocycles. The second kappa shape index (κ2) is 5.60. The molecule has 0 bridgehead atoms. The van der Waals surface area contributed by atoms with Gasteiger partial charge in [-0.2, -0.15) is 0 Å². The van der Waals surface area contributed by atoms with Crippen LogP contribution in [0.25, 0.3) is 10.9 Å². The normalized spacial score (nSPS) is 23.4. The summed E-state index contributed by atoms with van der Waals surface area (Å²) in [5.74, 6) is 0.897. The zero-order valence-corrected chi connectivity index (χ0v) is 11.6. The van der Waals surface area contributed by atoms with Crippen LogP contribution in [0.5, 0.6) is 0 Å². The maximum absolute atomic E-state index is 4.52. The minimum Gasteiger partial charge on any atom is -0.381 e. The Bertz CT molecular complexity index is 544. The smallest absolute Gasteiger partial charge is 0.0933 e. The Hall–Kier alpha value is -1.57. The van der Waals surface area contributed by atoms with Gasteiger partial charge in [0.05, 0.1) is 11.2 Å². The molecule has 3 rings (SSSR count). The lowest BCUT2D eigenvalue weighted by atomic mass is 9.84. The van der Waals surface area contributed by atoms with E-state index in [0.717, 1.165) is 11.4 Å². The zero-order chi connectivity index (χ0) is 13.1. The summed E-state index contributed by atoms with van der Waals surface area (Å²) >= 11 is 0. The van der Waals surface area contributed by atoms with Crippen molar-refractivity contribution < 1.29 is 0 Å². The van der Waals surface area contributed by atoms with Crippen LogP contribution in [0.3, 0.4) is 0 Å². The molecule has 1 aromatic heterocycles. The van der Waals surface area contributed by atoms with E-state index in [1.54, 1.807) is 0 Å². The Balaban J connectivity index is 1.81. The van der Waals surface area contributed by atoms with Gasteiger partial charge in [-0.25, -0.2) is 0 Å². The summed E-state index contributed by atoms with van der Waals surface area (Å²) in [5, 5.41) is 4.94. The number of hydrogen-bond acceptors (Lipinski definition) is 2. The number of hydrogen-bond donors (Lipinski definition) is 1. The first-order chi connectivity index (χ1) is 9.36. The Morgan fingerprint density at radius 1 is 1.21 bits per heavy atom. The molecule has 0 radical (unpaired) electrons. The molecule has 1 heterocycles. The summed E-state index contributed by atoms with van der Waals surface area (Å²) in [7, 11) is 0. The molecule has 0 amide bonds. The molecular weight excluding hydrogens is 232 g/mol. The van der Waals surface area contributed by atoms with Crippen LogP contribution in [0.4, 0.5) is 5.69 Å². The molecule has 2 unspecified atom stereocenters. The third kappa shape index (κ3) is 2.73. The molecule has 2 aromatic rings. The predicted octanol–water partition coefficient (Wildman–Crippen LogP) is 4.62. The number of rotatable bonds is 3. The van der Waals surface area contributed by atoms with E-state index in [-0.39, 0.29) is 0 Å². The molecule has 1 aliphatic rings. The van der Waals surface area contributed by atoms with E-state index in [9.17, 15) is 0 Å². The van der Waals surface area contributed by atoms with Crippen LogP contribution < -0.4 is 5.32 Å². The third-order valence-corrected chi connectivity index (χ3v) is 4.35. The average Bonchev–Trinajstić information content (AvgIpc) is 2.48. The van der Waals surface area contributed by atoms with E-state index in [1.165, 1.54) is 43.2 Å². The number of anilines is 1. The highest BCUT2D eigenvalue weighted by Gasteiger charge is 2.20. The van der Waals surface area contributed by atoms with Gasteiger partial charge in [-0.15, -0.1) is 0 Å². The van der Waals surface area contributed by atoms with Gasteiger partial charge in [0.2, 0.25) is 0 Å². The van der Waals surface area contributed by atoms with Crippen LogP contribution in [-0.2, 0) is 0 Å². The number of nitrogens with one attached hydrogen (secondary N) is 1. The Morgan fingerprint density at radius 3 is 3.00 bits per heavy atom. The van der Waals surface area contributed by atoms with Crippen molar-refractivity contribution in [1.82, 2.24) is 4.98 Å². The van der Waals surface area contributed by atoms with E-state index in [4.69, 9.17) is 0 Å². The molecule has 1 aromatic carbocycles. The van der Waals surface area contributed by atoms with E-state index < -0.39 is 0 Å². The number of fused-ring (bicyclic) bond motifs is 1. The molecule has 2 atom stereocenters. The van der Waals surface area contributed by atoms with Crippen LogP contribution >= 0.6 is 0 Å². The van der Waals surface area contributed by atoms with Gasteiger partial charge in [0.25, 0.3) is 0 Å². The minimum atomic E-state index is 0.617. The second-order valence-corrected chi connectivity index (χ2v) is 5.66. The van der Waals surface area contributed by atoms with Crippen LogP contribution in [0.15, 0.2) is 36.5 Å². The van der Waals surface area contributed by atoms with Crippen molar-refractivity contribution in [2.24, 2.45) is 5.92 Å². The van der Waals surface area contributed by atoms with Gasteiger partial charge in [-0.3, -0.25) is 4.98 Å². The average molecular weight is 254 g/mol. The van der Waals surface area contributed by atoms with E-state index in [2.05, 4.69) is 41.5 Å². The lowest BCUT2D eigenvalue weighted by Gasteiger charge is -2.30. The summed E-state index contributed by atoms with van der Waals surface area (Å²) in [6, 6.07) is 11.1. The Kier molecular flexibility index (Phi) is 3.67. The highest BCUT2D eigenvalue weighted by molar-refractivity contribution is 5.90. The molecule has 1 saturated carbocycles. The van der Waals surface area contributed by atoms with E-state index in [1.807, 2.05) is 12.3 Å². The molecule has 100 valence electrons. The topological polar surface area (TPSA) is 24.9 Å². The summed E-state index contributed by atoms with van der Waals surface area (Å²) in [5.41, 5.74) is 2.29. The van der Waals surface area contributed by atoms with Crippen molar-refractivity contribution in [1.29, 1.82) is 0 Å². The fourth-order valence-electron chi connectivity index (χ4n) is 3.23. The van der Waals surface area contributed by atoms with E-state index in [0.29, 0.717) is 6.04 Å². The molecule has 2 heteroatoms. The van der Waals surface area contributed by atoms with Crippen molar-refractivity contribution in [3.63, 3.8) is 0 Å². The first kappa shape index (κ1) is 12.5. The predicted molar refractivity (Wildman–Crippen MR) is 81.4 cm³/mol. The molecule has 1 fully saturated rings. The molecule has 0 saturated heterocycles. The first-order valence-electron chi connectivity index (χ1n) is 7.47. The SMILES string of the molecule is CCC1CCCC(Nc2cccc3cccnc23)C1. The van der Waals surface area contributed by atoms with Gasteiger partial charge in [-0.05, 0) is 30.9 Å². The summed E-state index contributed by atoms with van der Waals surface area (Å²) in [4.78, 5) is 4.52. The molecule has 1 N–H and O–H groups in total. The maximum atomic E-state index is 4.52. The number of benzene rings is 1. The fourth-order valence-corrected chi connectivity index (χ4v) is 3.23.